The van der Waals surface area contributed by atoms with Gasteiger partial charge in [0.2, 0.25) is 0 Å². The molecule has 1 fully saturated rings. The largest absolute Gasteiger partial charge is 0.448 e. The molecule has 1 rings (SSSR count). The van der Waals surface area contributed by atoms with Gasteiger partial charge in [0, 0.05) is 12.6 Å². The Morgan fingerprint density at radius 2 is 2.20 bits per heavy atom. The van der Waals surface area contributed by atoms with E-state index in [2.05, 4.69) is 10.1 Å². The quantitative estimate of drug-likeness (QED) is 0.479. The highest BCUT2D eigenvalue weighted by Gasteiger charge is 2.35. The van der Waals surface area contributed by atoms with Gasteiger partial charge in [-0.3, -0.25) is 0 Å². The van der Waals surface area contributed by atoms with Gasteiger partial charge in [0.15, 0.2) is 9.84 Å². The summed E-state index contributed by atoms with van der Waals surface area (Å²) in [6.07, 6.45) is -1.78. The molecule has 0 aromatic heterocycles. The molecule has 1 amide bonds. The molecule has 0 bridgehead atoms. The van der Waals surface area contributed by atoms with Crippen molar-refractivity contribution in [2.45, 2.75) is 12.1 Å². The van der Waals surface area contributed by atoms with Gasteiger partial charge in [-0.15, -0.1) is 0 Å². The number of sulfone groups is 1. The summed E-state index contributed by atoms with van der Waals surface area (Å²) < 4.78 is 26.6. The van der Waals surface area contributed by atoms with Crippen LogP contribution in [0.15, 0.2) is 0 Å². The fourth-order valence-corrected chi connectivity index (χ4v) is 3.20. The molecule has 2 unspecified atom stereocenters. The third-order valence-electron chi connectivity index (χ3n) is 2.08. The minimum Gasteiger partial charge on any atom is -0.448 e. The number of rotatable bonds is 4. The van der Waals surface area contributed by atoms with E-state index in [0.717, 1.165) is 0 Å². The van der Waals surface area contributed by atoms with Crippen molar-refractivity contribution in [3.63, 3.8) is 0 Å². The number of hydrogen-bond donors (Lipinski definition) is 3. The average molecular weight is 238 g/mol. The third-order valence-corrected chi connectivity index (χ3v) is 3.79. The first-order chi connectivity index (χ1) is 6.91. The number of hydrogen-bond acceptors (Lipinski definition) is 6. The number of aliphatic hydroxyl groups excluding tert-OH is 1. The van der Waals surface area contributed by atoms with Crippen molar-refractivity contribution < 1.29 is 23.1 Å². The second-order valence-corrected chi connectivity index (χ2v) is 5.53. The number of primary amides is 1. The summed E-state index contributed by atoms with van der Waals surface area (Å²) in [6.45, 7) is 0.318. The minimum absolute atomic E-state index is 0.0542. The molecule has 8 heteroatoms. The van der Waals surface area contributed by atoms with Gasteiger partial charge in [0.25, 0.3) is 0 Å². The maximum Gasteiger partial charge on any atom is 0.404 e. The van der Waals surface area contributed by atoms with Crippen molar-refractivity contribution >= 4 is 15.9 Å². The van der Waals surface area contributed by atoms with E-state index in [0.29, 0.717) is 0 Å². The molecule has 2 atom stereocenters. The summed E-state index contributed by atoms with van der Waals surface area (Å²) in [5.74, 6) is -0.313. The van der Waals surface area contributed by atoms with Crippen molar-refractivity contribution in [2.75, 3.05) is 24.7 Å². The summed E-state index contributed by atoms with van der Waals surface area (Å²) in [5, 5.41) is 12.1. The first kappa shape index (κ1) is 12.2. The van der Waals surface area contributed by atoms with Gasteiger partial charge < -0.3 is 20.9 Å². The molecule has 15 heavy (non-hydrogen) atoms. The van der Waals surface area contributed by atoms with Gasteiger partial charge in [0.05, 0.1) is 17.6 Å². The summed E-state index contributed by atoms with van der Waals surface area (Å²) in [6, 6.07) is -0.494. The maximum absolute atomic E-state index is 11.1. The summed E-state index contributed by atoms with van der Waals surface area (Å²) in [5.41, 5.74) is 4.72. The predicted octanol–water partition coefficient (Wildman–Crippen LogP) is -2.17. The Balaban J connectivity index is 2.25. The third kappa shape index (κ3) is 4.02. The molecule has 0 saturated carbocycles. The number of aliphatic hydroxyl groups is 1. The van der Waals surface area contributed by atoms with Crippen LogP contribution in [0.25, 0.3) is 0 Å². The van der Waals surface area contributed by atoms with Crippen LogP contribution in [0, 0.1) is 0 Å². The van der Waals surface area contributed by atoms with Gasteiger partial charge in [-0.05, 0) is 0 Å². The van der Waals surface area contributed by atoms with E-state index in [-0.39, 0.29) is 24.7 Å². The molecular weight excluding hydrogens is 224 g/mol. The van der Waals surface area contributed by atoms with Crippen LogP contribution in [0.2, 0.25) is 0 Å². The van der Waals surface area contributed by atoms with Gasteiger partial charge in [-0.25, -0.2) is 13.2 Å². The normalized spacial score (nSPS) is 28.9. The molecule has 4 N–H and O–H groups in total. The van der Waals surface area contributed by atoms with Crippen LogP contribution < -0.4 is 11.1 Å². The molecule has 0 aliphatic carbocycles. The highest BCUT2D eigenvalue weighted by Crippen LogP contribution is 2.11. The van der Waals surface area contributed by atoms with E-state index in [9.17, 15) is 18.3 Å². The average Bonchev–Trinajstić information content (AvgIpc) is 2.33. The van der Waals surface area contributed by atoms with Crippen molar-refractivity contribution in [2.24, 2.45) is 5.73 Å². The Morgan fingerprint density at radius 1 is 1.53 bits per heavy atom. The number of carbonyl (C=O) groups is 1. The van der Waals surface area contributed by atoms with Gasteiger partial charge >= 0.3 is 6.09 Å². The fraction of sp³-hybridized carbons (Fsp3) is 0.857. The highest BCUT2D eigenvalue weighted by molar-refractivity contribution is 7.91. The number of nitrogens with one attached hydrogen (secondary N) is 1. The molecule has 0 aromatic carbocycles. The van der Waals surface area contributed by atoms with Crippen LogP contribution in [-0.4, -0.2) is 56.4 Å². The monoisotopic (exact) mass is 238 g/mol. The van der Waals surface area contributed by atoms with E-state index in [4.69, 9.17) is 5.73 Å². The Morgan fingerprint density at radius 3 is 2.67 bits per heavy atom. The molecule has 0 aromatic rings. The highest BCUT2D eigenvalue weighted by atomic mass is 32.2. The van der Waals surface area contributed by atoms with Gasteiger partial charge in [-0.2, -0.15) is 0 Å². The van der Waals surface area contributed by atoms with Crippen molar-refractivity contribution in [3.05, 3.63) is 0 Å². The summed E-state index contributed by atoms with van der Waals surface area (Å²) >= 11 is 0. The summed E-state index contributed by atoms with van der Waals surface area (Å²) in [4.78, 5) is 10.2. The lowest BCUT2D eigenvalue weighted by Gasteiger charge is -2.14. The first-order valence-corrected chi connectivity index (χ1v) is 6.27. The molecule has 1 aliphatic rings. The molecule has 1 saturated heterocycles. The van der Waals surface area contributed by atoms with E-state index < -0.39 is 28.1 Å². The Labute approximate surface area is 87.5 Å². The van der Waals surface area contributed by atoms with E-state index in [1.165, 1.54) is 0 Å². The summed E-state index contributed by atoms with van der Waals surface area (Å²) in [7, 11) is -3.14. The molecule has 1 aliphatic heterocycles. The molecule has 7 nitrogen and oxygen atoms in total. The maximum atomic E-state index is 11.1. The van der Waals surface area contributed by atoms with Gasteiger partial charge in [-0.1, -0.05) is 0 Å². The van der Waals surface area contributed by atoms with E-state index in [1.807, 2.05) is 0 Å². The zero-order valence-corrected chi connectivity index (χ0v) is 8.87. The number of carbonyl (C=O) groups excluding carboxylic acids is 1. The van der Waals surface area contributed by atoms with Crippen LogP contribution in [0.1, 0.15) is 0 Å². The molecule has 1 heterocycles. The lowest BCUT2D eigenvalue weighted by Crippen LogP contribution is -2.40. The zero-order valence-electron chi connectivity index (χ0n) is 8.05. The minimum atomic E-state index is -3.14. The molecular formula is C7H14N2O5S. The Bertz CT molecular complexity index is 328. The Kier molecular flexibility index (Phi) is 3.89. The first-order valence-electron chi connectivity index (χ1n) is 4.45. The zero-order chi connectivity index (χ0) is 11.5. The smallest absolute Gasteiger partial charge is 0.404 e. The van der Waals surface area contributed by atoms with E-state index in [1.54, 1.807) is 0 Å². The molecule has 0 radical (unpaired) electrons. The standard InChI is InChI=1S/C7H14N2O5S/c8-7(11)14-2-1-9-5-3-15(12,13)4-6(5)10/h5-6,9-10H,1-4H2,(H2,8,11). The van der Waals surface area contributed by atoms with Crippen molar-refractivity contribution in [1.82, 2.24) is 5.32 Å². The van der Waals surface area contributed by atoms with Crippen LogP contribution >= 0.6 is 0 Å². The van der Waals surface area contributed by atoms with Crippen LogP contribution in [0.5, 0.6) is 0 Å². The van der Waals surface area contributed by atoms with Crippen molar-refractivity contribution in [1.29, 1.82) is 0 Å². The van der Waals surface area contributed by atoms with E-state index >= 15 is 0 Å². The SMILES string of the molecule is NC(=O)OCCNC1CS(=O)(=O)CC1O. The Hall–Kier alpha value is -0.860. The molecule has 0 spiro atoms. The second kappa shape index (κ2) is 4.77. The fourth-order valence-electron chi connectivity index (χ4n) is 1.42. The number of nitrogens with two attached hydrogens (primary N) is 1. The number of ether oxygens (including phenoxy) is 1. The van der Waals surface area contributed by atoms with Crippen LogP contribution in [-0.2, 0) is 14.6 Å². The predicted molar refractivity (Wildman–Crippen MR) is 52.0 cm³/mol. The molecule has 88 valence electrons. The van der Waals surface area contributed by atoms with Crippen LogP contribution in [0.4, 0.5) is 4.79 Å². The van der Waals surface area contributed by atoms with Gasteiger partial charge in [0.1, 0.15) is 6.61 Å². The lowest BCUT2D eigenvalue weighted by molar-refractivity contribution is 0.143. The lowest BCUT2D eigenvalue weighted by atomic mass is 10.2. The van der Waals surface area contributed by atoms with Crippen LogP contribution in [0.3, 0.4) is 0 Å². The van der Waals surface area contributed by atoms with Crippen molar-refractivity contribution in [3.8, 4) is 0 Å². The number of amides is 1. The topological polar surface area (TPSA) is 119 Å². The second-order valence-electron chi connectivity index (χ2n) is 3.37.